The number of halogens is 6. The topological polar surface area (TPSA) is 75.6 Å². The van der Waals surface area contributed by atoms with Crippen molar-refractivity contribution in [3.63, 3.8) is 0 Å². The Hall–Kier alpha value is -1.17. The maximum Gasteiger partial charge on any atom is 0.421 e. The van der Waals surface area contributed by atoms with E-state index < -0.39 is 59.8 Å². The van der Waals surface area contributed by atoms with Crippen LogP contribution in [0.15, 0.2) is 0 Å². The summed E-state index contributed by atoms with van der Waals surface area (Å²) in [7, 11) is 0. The molecule has 0 rings (SSSR count). The van der Waals surface area contributed by atoms with Gasteiger partial charge in [0.05, 0.1) is 0 Å². The van der Waals surface area contributed by atoms with Crippen LogP contribution in [0.2, 0.25) is 0 Å². The van der Waals surface area contributed by atoms with Crippen molar-refractivity contribution in [3.05, 3.63) is 0 Å². The van der Waals surface area contributed by atoms with E-state index in [0.717, 1.165) is 6.92 Å². The molecular weight excluding hydrogens is 332 g/mol. The van der Waals surface area contributed by atoms with E-state index in [4.69, 9.17) is 5.11 Å². The van der Waals surface area contributed by atoms with E-state index in [0.29, 0.717) is 0 Å². The molecule has 12 heteroatoms. The molecule has 0 bridgehead atoms. The summed E-state index contributed by atoms with van der Waals surface area (Å²) >= 11 is -0.708. The number of carboxylic acids is 1. The van der Waals surface area contributed by atoms with E-state index in [9.17, 15) is 35.9 Å². The van der Waals surface area contributed by atoms with Crippen molar-refractivity contribution in [3.8, 4) is 0 Å². The van der Waals surface area contributed by atoms with Crippen molar-refractivity contribution >= 4 is 23.6 Å². The van der Waals surface area contributed by atoms with Gasteiger partial charge < -0.3 is 15.2 Å². The van der Waals surface area contributed by atoms with Crippen LogP contribution in [-0.2, 0) is 14.3 Å². The summed E-state index contributed by atoms with van der Waals surface area (Å²) in [5.41, 5.74) is 0. The lowest BCUT2D eigenvalue weighted by atomic mass is 10.3. The fourth-order valence-electron chi connectivity index (χ4n) is 1.14. The standard InChI is InChI=1S/C9H11F6NO4S/c1-4(17)16-5(6(18)19)2-21-9(14,15)7(20-3-10)8(11,12)13/h5,7H,2-3H2,1H3,(H,16,17)(H,18,19). The van der Waals surface area contributed by atoms with Crippen LogP contribution in [0.5, 0.6) is 0 Å². The highest BCUT2D eigenvalue weighted by molar-refractivity contribution is 8.00. The van der Waals surface area contributed by atoms with Gasteiger partial charge in [-0.2, -0.15) is 22.0 Å². The van der Waals surface area contributed by atoms with Gasteiger partial charge in [-0.25, -0.2) is 9.18 Å². The van der Waals surface area contributed by atoms with Crippen molar-refractivity contribution in [1.82, 2.24) is 5.32 Å². The number of nitrogens with one attached hydrogen (secondary N) is 1. The molecule has 2 N–H and O–H groups in total. The molecule has 2 atom stereocenters. The molecule has 0 heterocycles. The average molecular weight is 343 g/mol. The Morgan fingerprint density at radius 1 is 1.29 bits per heavy atom. The highest BCUT2D eigenvalue weighted by Gasteiger charge is 2.57. The van der Waals surface area contributed by atoms with Crippen molar-refractivity contribution in [2.75, 3.05) is 12.6 Å². The molecule has 0 aliphatic rings. The quantitative estimate of drug-likeness (QED) is 0.657. The number of hydrogen-bond donors (Lipinski definition) is 2. The number of amides is 1. The molecule has 0 saturated carbocycles. The summed E-state index contributed by atoms with van der Waals surface area (Å²) in [5.74, 6) is -3.63. The Kier molecular flexibility index (Phi) is 7.30. The van der Waals surface area contributed by atoms with Crippen LogP contribution in [0.4, 0.5) is 26.3 Å². The monoisotopic (exact) mass is 343 g/mol. The predicted octanol–water partition coefficient (Wildman–Crippen LogP) is 1.78. The summed E-state index contributed by atoms with van der Waals surface area (Å²) in [5, 5.41) is 5.78. The van der Waals surface area contributed by atoms with Gasteiger partial charge in [0.2, 0.25) is 12.0 Å². The number of hydrogen-bond acceptors (Lipinski definition) is 4. The molecule has 1 amide bonds. The fourth-order valence-corrected chi connectivity index (χ4v) is 2.10. The van der Waals surface area contributed by atoms with E-state index in [1.54, 1.807) is 5.32 Å². The van der Waals surface area contributed by atoms with Gasteiger partial charge in [0.15, 0.2) is 6.86 Å². The Labute approximate surface area is 119 Å². The van der Waals surface area contributed by atoms with Gasteiger partial charge in [-0.05, 0) is 0 Å². The summed E-state index contributed by atoms with van der Waals surface area (Å²) in [6.45, 7) is -1.18. The highest BCUT2D eigenvalue weighted by atomic mass is 32.2. The van der Waals surface area contributed by atoms with Crippen LogP contribution < -0.4 is 5.32 Å². The number of carbonyl (C=O) groups excluding carboxylic acids is 1. The third-order valence-corrected chi connectivity index (χ3v) is 3.05. The molecule has 0 radical (unpaired) electrons. The zero-order valence-corrected chi connectivity index (χ0v) is 11.2. The van der Waals surface area contributed by atoms with Gasteiger partial charge in [-0.3, -0.25) is 4.79 Å². The summed E-state index contributed by atoms with van der Waals surface area (Å²) < 4.78 is 78.9. The van der Waals surface area contributed by atoms with Crippen LogP contribution in [0, 0.1) is 0 Å². The Balaban J connectivity index is 4.90. The van der Waals surface area contributed by atoms with Gasteiger partial charge >= 0.3 is 17.4 Å². The second-order valence-electron chi connectivity index (χ2n) is 3.66. The van der Waals surface area contributed by atoms with Crippen LogP contribution in [0.1, 0.15) is 6.92 Å². The number of carboxylic acid groups (broad SMARTS) is 1. The Morgan fingerprint density at radius 2 is 1.81 bits per heavy atom. The first-order valence-corrected chi connectivity index (χ1v) is 6.16. The Bertz CT molecular complexity index is 378. The van der Waals surface area contributed by atoms with E-state index in [1.165, 1.54) is 0 Å². The van der Waals surface area contributed by atoms with Crippen LogP contribution in [0.3, 0.4) is 0 Å². The van der Waals surface area contributed by atoms with Gasteiger partial charge in [0.25, 0.3) is 0 Å². The van der Waals surface area contributed by atoms with E-state index in [1.807, 2.05) is 0 Å². The molecular formula is C9H11F6NO4S. The molecule has 0 aromatic carbocycles. The highest BCUT2D eigenvalue weighted by Crippen LogP contribution is 2.42. The number of thioether (sulfide) groups is 1. The molecule has 0 aliphatic heterocycles. The second-order valence-corrected chi connectivity index (χ2v) is 4.83. The molecule has 2 unspecified atom stereocenters. The third-order valence-electron chi connectivity index (χ3n) is 1.95. The SMILES string of the molecule is CC(=O)NC(CSC(F)(F)C(OCF)C(F)(F)F)C(=O)O. The summed E-state index contributed by atoms with van der Waals surface area (Å²) in [6, 6.07) is -1.82. The number of rotatable bonds is 8. The lowest BCUT2D eigenvalue weighted by Crippen LogP contribution is -2.47. The molecule has 124 valence electrons. The lowest BCUT2D eigenvalue weighted by molar-refractivity contribution is -0.269. The van der Waals surface area contributed by atoms with Crippen molar-refractivity contribution in [2.45, 2.75) is 30.5 Å². The largest absolute Gasteiger partial charge is 0.480 e. The molecule has 0 spiro atoms. The zero-order valence-electron chi connectivity index (χ0n) is 10.4. The molecule has 0 fully saturated rings. The molecule has 0 saturated heterocycles. The zero-order chi connectivity index (χ0) is 16.8. The van der Waals surface area contributed by atoms with Crippen molar-refractivity contribution < 1.29 is 45.8 Å². The third kappa shape index (κ3) is 6.89. The lowest BCUT2D eigenvalue weighted by Gasteiger charge is -2.27. The Morgan fingerprint density at radius 3 is 2.14 bits per heavy atom. The second kappa shape index (κ2) is 7.73. The van der Waals surface area contributed by atoms with Crippen LogP contribution in [0.25, 0.3) is 0 Å². The molecule has 0 aromatic rings. The molecule has 5 nitrogen and oxygen atoms in total. The first-order chi connectivity index (χ1) is 9.41. The number of ether oxygens (including phenoxy) is 1. The molecule has 0 aliphatic carbocycles. The predicted molar refractivity (Wildman–Crippen MR) is 59.5 cm³/mol. The van der Waals surface area contributed by atoms with Crippen molar-refractivity contribution in [1.29, 1.82) is 0 Å². The van der Waals surface area contributed by atoms with Crippen LogP contribution >= 0.6 is 11.8 Å². The molecule has 21 heavy (non-hydrogen) atoms. The number of carbonyl (C=O) groups is 2. The van der Waals surface area contributed by atoms with Gasteiger partial charge in [0, 0.05) is 12.7 Å². The normalized spacial score (nSPS) is 15.4. The van der Waals surface area contributed by atoms with Gasteiger partial charge in [0.1, 0.15) is 6.04 Å². The maximum absolute atomic E-state index is 13.4. The van der Waals surface area contributed by atoms with E-state index in [-0.39, 0.29) is 0 Å². The van der Waals surface area contributed by atoms with Gasteiger partial charge in [-0.15, -0.1) is 0 Å². The minimum absolute atomic E-state index is 0.708. The minimum atomic E-state index is -5.55. The van der Waals surface area contributed by atoms with E-state index >= 15 is 0 Å². The van der Waals surface area contributed by atoms with Crippen LogP contribution in [-0.4, -0.2) is 53.2 Å². The summed E-state index contributed by atoms with van der Waals surface area (Å²) in [6.07, 6.45) is -9.28. The number of aliphatic carboxylic acids is 1. The first kappa shape index (κ1) is 19.8. The summed E-state index contributed by atoms with van der Waals surface area (Å²) in [4.78, 5) is 21.3. The average Bonchev–Trinajstić information content (AvgIpc) is 2.29. The molecule has 0 aromatic heterocycles. The maximum atomic E-state index is 13.4. The first-order valence-electron chi connectivity index (χ1n) is 5.17. The van der Waals surface area contributed by atoms with Crippen molar-refractivity contribution in [2.24, 2.45) is 0 Å². The minimum Gasteiger partial charge on any atom is -0.480 e. The fraction of sp³-hybridized carbons (Fsp3) is 0.778. The van der Waals surface area contributed by atoms with E-state index in [2.05, 4.69) is 4.74 Å². The number of alkyl halides is 6. The smallest absolute Gasteiger partial charge is 0.421 e. The van der Waals surface area contributed by atoms with Gasteiger partial charge in [-0.1, -0.05) is 11.8 Å².